The van der Waals surface area contributed by atoms with E-state index in [1.54, 1.807) is 19.1 Å². The molecule has 0 N–H and O–H groups in total. The van der Waals surface area contributed by atoms with Gasteiger partial charge in [0.15, 0.2) is 5.78 Å². The van der Waals surface area contributed by atoms with Gasteiger partial charge < -0.3 is 0 Å². The van der Waals surface area contributed by atoms with Crippen LogP contribution in [-0.2, 0) is 0 Å². The molecule has 0 fully saturated rings. The summed E-state index contributed by atoms with van der Waals surface area (Å²) in [4.78, 5) is 33.5. The van der Waals surface area contributed by atoms with Crippen molar-refractivity contribution in [2.75, 3.05) is 0 Å². The fourth-order valence-corrected chi connectivity index (χ4v) is 2.54. The molecule has 26 heavy (non-hydrogen) atoms. The molecule has 0 spiro atoms. The lowest BCUT2D eigenvalue weighted by Gasteiger charge is -2.07. The minimum atomic E-state index is -0.538. The molecule has 0 radical (unpaired) electrons. The molecule has 2 aromatic carbocycles. The fourth-order valence-electron chi connectivity index (χ4n) is 2.54. The van der Waals surface area contributed by atoms with Crippen molar-refractivity contribution in [1.29, 1.82) is 0 Å². The smallest absolute Gasteiger partial charge is 0.273 e. The van der Waals surface area contributed by atoms with E-state index in [1.807, 2.05) is 13.8 Å². The second kappa shape index (κ2) is 7.69. The number of rotatable bonds is 6. The summed E-state index contributed by atoms with van der Waals surface area (Å²) in [5.74, 6) is -0.410. The molecule has 0 atom stereocenters. The van der Waals surface area contributed by atoms with Gasteiger partial charge in [0.1, 0.15) is 0 Å². The summed E-state index contributed by atoms with van der Waals surface area (Å²) in [6.07, 6.45) is 2.72. The van der Waals surface area contributed by atoms with Gasteiger partial charge in [0.2, 0.25) is 0 Å². The number of nitrogens with zero attached hydrogens (tertiary/aromatic N) is 2. The first-order valence-corrected chi connectivity index (χ1v) is 7.96. The molecule has 7 nitrogen and oxygen atoms in total. The van der Waals surface area contributed by atoms with E-state index in [4.69, 9.17) is 0 Å². The monoisotopic (exact) mass is 354 g/mol. The Morgan fingerprint density at radius 3 is 2.23 bits per heavy atom. The third kappa shape index (κ3) is 4.18. The Bertz CT molecular complexity index is 916. The summed E-state index contributed by atoms with van der Waals surface area (Å²) in [6.45, 7) is 5.33. The van der Waals surface area contributed by atoms with Crippen molar-refractivity contribution in [3.63, 3.8) is 0 Å². The van der Waals surface area contributed by atoms with Crippen LogP contribution in [-0.4, -0.2) is 15.6 Å². The van der Waals surface area contributed by atoms with Crippen LogP contribution in [0.4, 0.5) is 11.4 Å². The summed E-state index contributed by atoms with van der Waals surface area (Å²) in [7, 11) is 0. The largest absolute Gasteiger partial charge is 0.289 e. The Kier molecular flexibility index (Phi) is 5.61. The lowest BCUT2D eigenvalue weighted by atomic mass is 9.99. The van der Waals surface area contributed by atoms with Crippen molar-refractivity contribution in [2.45, 2.75) is 26.7 Å². The van der Waals surface area contributed by atoms with Gasteiger partial charge in [-0.3, -0.25) is 25.0 Å². The van der Waals surface area contributed by atoms with Gasteiger partial charge in [0, 0.05) is 28.8 Å². The average molecular weight is 354 g/mol. The van der Waals surface area contributed by atoms with Crippen LogP contribution < -0.4 is 0 Å². The predicted octanol–water partition coefficient (Wildman–Crippen LogP) is 4.83. The first-order chi connectivity index (χ1) is 12.2. The molecule has 2 rings (SSSR count). The highest BCUT2D eigenvalue weighted by Crippen LogP contribution is 2.28. The molecule has 7 heteroatoms. The molecule has 0 saturated heterocycles. The topological polar surface area (TPSA) is 103 Å². The van der Waals surface area contributed by atoms with Crippen molar-refractivity contribution >= 4 is 23.2 Å². The van der Waals surface area contributed by atoms with Gasteiger partial charge in [-0.1, -0.05) is 44.2 Å². The minimum Gasteiger partial charge on any atom is -0.289 e. The number of carbonyl (C=O) groups is 1. The molecule has 0 aliphatic heterocycles. The predicted molar refractivity (Wildman–Crippen MR) is 98.4 cm³/mol. The van der Waals surface area contributed by atoms with Crippen LogP contribution >= 0.6 is 0 Å². The van der Waals surface area contributed by atoms with Gasteiger partial charge in [-0.2, -0.15) is 0 Å². The Balaban J connectivity index is 2.31. The maximum atomic E-state index is 12.3. The summed E-state index contributed by atoms with van der Waals surface area (Å²) in [5, 5.41) is 22.2. The van der Waals surface area contributed by atoms with Crippen molar-refractivity contribution in [2.24, 2.45) is 0 Å². The van der Waals surface area contributed by atoms with Crippen LogP contribution in [0.25, 0.3) is 6.08 Å². The molecule has 0 saturated carbocycles. The van der Waals surface area contributed by atoms with Crippen LogP contribution in [0, 0.1) is 27.2 Å². The zero-order valence-corrected chi connectivity index (χ0v) is 14.6. The molecule has 2 aromatic rings. The molecular formula is C19H18N2O5. The Morgan fingerprint density at radius 2 is 1.65 bits per heavy atom. The van der Waals surface area contributed by atoms with Crippen molar-refractivity contribution in [3.05, 3.63) is 85.0 Å². The highest BCUT2D eigenvalue weighted by molar-refractivity contribution is 6.07. The second-order valence-electron chi connectivity index (χ2n) is 6.19. The number of nitro benzene ring substituents is 2. The number of ketones is 1. The molecule has 134 valence electrons. The Hall–Kier alpha value is -3.35. The number of benzene rings is 2. The number of carbonyl (C=O) groups excluding carboxylic acids is 1. The third-order valence-corrected chi connectivity index (χ3v) is 3.99. The lowest BCUT2D eigenvalue weighted by Crippen LogP contribution is -1.99. The Labute approximate surface area is 150 Å². The minimum absolute atomic E-state index is 0.000530. The van der Waals surface area contributed by atoms with E-state index >= 15 is 0 Å². The van der Waals surface area contributed by atoms with Crippen LogP contribution in [0.3, 0.4) is 0 Å². The highest BCUT2D eigenvalue weighted by Gasteiger charge is 2.17. The van der Waals surface area contributed by atoms with Gasteiger partial charge >= 0.3 is 0 Å². The van der Waals surface area contributed by atoms with Crippen LogP contribution in [0.15, 0.2) is 42.5 Å². The van der Waals surface area contributed by atoms with E-state index in [-0.39, 0.29) is 22.9 Å². The molecule has 0 heterocycles. The fraction of sp³-hybridized carbons (Fsp3) is 0.211. The summed E-state index contributed by atoms with van der Waals surface area (Å²) in [6, 6.07) is 9.04. The van der Waals surface area contributed by atoms with E-state index in [0.717, 1.165) is 0 Å². The number of hydrogen-bond acceptors (Lipinski definition) is 5. The maximum absolute atomic E-state index is 12.3. The number of allylic oxidation sites excluding steroid dienone is 1. The van der Waals surface area contributed by atoms with E-state index in [0.29, 0.717) is 16.7 Å². The standard InChI is InChI=1S/C19H18N2O5/c1-12(2)16-8-5-14(10-18(16)21(25)26)6-9-19(22)15-7-4-13(3)17(11-15)20(23)24/h4-12H,1-3H3/b9-6+. The summed E-state index contributed by atoms with van der Waals surface area (Å²) >= 11 is 0. The highest BCUT2D eigenvalue weighted by atomic mass is 16.6. The van der Waals surface area contributed by atoms with Crippen LogP contribution in [0.2, 0.25) is 0 Å². The third-order valence-electron chi connectivity index (χ3n) is 3.99. The Morgan fingerprint density at radius 1 is 1.00 bits per heavy atom. The van der Waals surface area contributed by atoms with Crippen molar-refractivity contribution < 1.29 is 14.6 Å². The first-order valence-electron chi connectivity index (χ1n) is 7.96. The van der Waals surface area contributed by atoms with Gasteiger partial charge in [-0.15, -0.1) is 0 Å². The lowest BCUT2D eigenvalue weighted by molar-refractivity contribution is -0.385. The van der Waals surface area contributed by atoms with Gasteiger partial charge in [-0.05, 0) is 24.5 Å². The normalized spacial score (nSPS) is 11.1. The zero-order valence-electron chi connectivity index (χ0n) is 14.6. The number of hydrogen-bond donors (Lipinski definition) is 0. The molecule has 0 bridgehead atoms. The van der Waals surface area contributed by atoms with E-state index in [1.165, 1.54) is 36.4 Å². The molecule has 0 amide bonds. The average Bonchev–Trinajstić information content (AvgIpc) is 2.59. The van der Waals surface area contributed by atoms with Crippen molar-refractivity contribution in [3.8, 4) is 0 Å². The van der Waals surface area contributed by atoms with E-state index in [2.05, 4.69) is 0 Å². The van der Waals surface area contributed by atoms with Gasteiger partial charge in [0.05, 0.1) is 9.85 Å². The van der Waals surface area contributed by atoms with Gasteiger partial charge in [-0.25, -0.2) is 0 Å². The number of nitro groups is 2. The van der Waals surface area contributed by atoms with E-state index in [9.17, 15) is 25.0 Å². The van der Waals surface area contributed by atoms with E-state index < -0.39 is 15.6 Å². The maximum Gasteiger partial charge on any atom is 0.273 e. The molecule has 0 aliphatic rings. The second-order valence-corrected chi connectivity index (χ2v) is 6.19. The SMILES string of the molecule is Cc1ccc(C(=O)/C=C/c2ccc(C(C)C)c([N+](=O)[O-])c2)cc1[N+](=O)[O-]. The molecular weight excluding hydrogens is 336 g/mol. The van der Waals surface area contributed by atoms with Gasteiger partial charge in [0.25, 0.3) is 11.4 Å². The van der Waals surface area contributed by atoms with Crippen LogP contribution in [0.5, 0.6) is 0 Å². The zero-order chi connectivity index (χ0) is 19.4. The van der Waals surface area contributed by atoms with Crippen molar-refractivity contribution in [1.82, 2.24) is 0 Å². The molecule has 0 unspecified atom stereocenters. The first kappa shape index (κ1) is 19.0. The summed E-state index contributed by atoms with van der Waals surface area (Å²) < 4.78 is 0. The number of aryl methyl sites for hydroxylation is 1. The summed E-state index contributed by atoms with van der Waals surface area (Å²) in [5.41, 5.74) is 1.66. The quantitative estimate of drug-likeness (QED) is 0.320. The van der Waals surface area contributed by atoms with Crippen LogP contribution in [0.1, 0.15) is 46.8 Å². The molecule has 0 aromatic heterocycles. The molecule has 0 aliphatic carbocycles.